The molecule has 0 aliphatic carbocycles. The summed E-state index contributed by atoms with van der Waals surface area (Å²) in [5, 5.41) is 11.7. The van der Waals surface area contributed by atoms with Gasteiger partial charge in [-0.05, 0) is 41.8 Å². The average Bonchev–Trinajstić information content (AvgIpc) is 3.27. The van der Waals surface area contributed by atoms with Crippen molar-refractivity contribution in [2.24, 2.45) is 5.73 Å². The third-order valence-electron chi connectivity index (χ3n) is 5.15. The van der Waals surface area contributed by atoms with Crippen LogP contribution in [0.2, 0.25) is 0 Å². The summed E-state index contributed by atoms with van der Waals surface area (Å²) >= 11 is 0. The zero-order valence-electron chi connectivity index (χ0n) is 17.0. The second kappa shape index (κ2) is 9.13. The quantitative estimate of drug-likeness (QED) is 0.274. The second-order valence-corrected chi connectivity index (χ2v) is 7.29. The lowest BCUT2D eigenvalue weighted by molar-refractivity contribution is 0.102. The number of benzene rings is 2. The molecular formula is C24H24N6O. The Morgan fingerprint density at radius 3 is 2.55 bits per heavy atom. The summed E-state index contributed by atoms with van der Waals surface area (Å²) in [4.78, 5) is 21.8. The number of pyridine rings is 1. The number of aromatic nitrogens is 2. The number of nitrogens with zero attached hydrogens (tertiary/aromatic N) is 2. The molecule has 2 aromatic heterocycles. The van der Waals surface area contributed by atoms with Gasteiger partial charge in [0.05, 0.1) is 5.69 Å². The van der Waals surface area contributed by atoms with Gasteiger partial charge in [0.2, 0.25) is 0 Å². The van der Waals surface area contributed by atoms with Crippen molar-refractivity contribution in [3.63, 3.8) is 0 Å². The van der Waals surface area contributed by atoms with E-state index in [-0.39, 0.29) is 11.9 Å². The smallest absolute Gasteiger partial charge is 0.255 e. The Morgan fingerprint density at radius 1 is 1.03 bits per heavy atom. The van der Waals surface area contributed by atoms with Crippen molar-refractivity contribution in [1.82, 2.24) is 14.9 Å². The number of nitrogens with one attached hydrogen (secondary N) is 3. The predicted molar refractivity (Wildman–Crippen MR) is 123 cm³/mol. The Labute approximate surface area is 180 Å². The van der Waals surface area contributed by atoms with Gasteiger partial charge in [-0.25, -0.2) is 4.98 Å². The van der Waals surface area contributed by atoms with Gasteiger partial charge in [0.25, 0.3) is 5.91 Å². The monoisotopic (exact) mass is 412 g/mol. The molecule has 0 aliphatic rings. The van der Waals surface area contributed by atoms with Crippen LogP contribution in [0.3, 0.4) is 0 Å². The van der Waals surface area contributed by atoms with Gasteiger partial charge in [-0.15, -0.1) is 0 Å². The molecule has 0 aliphatic heterocycles. The van der Waals surface area contributed by atoms with E-state index in [9.17, 15) is 4.79 Å². The number of carbonyl (C=O) groups is 1. The summed E-state index contributed by atoms with van der Waals surface area (Å²) in [7, 11) is 0. The standard InChI is InChI=1S/C24H24N6O/c25-24(26)30(15-12-17-4-2-1-3-5-17)16-18-6-8-19(9-7-18)23(31)29-21-11-14-28-22-20(21)10-13-27-22/h1-11,13-14H,12,15-16H2,(H3,25,26)(H2,27,28,29,31). The Bertz CT molecular complexity index is 1180. The minimum Gasteiger partial charge on any atom is -0.370 e. The fourth-order valence-electron chi connectivity index (χ4n) is 3.44. The maximum absolute atomic E-state index is 12.7. The van der Waals surface area contributed by atoms with Crippen molar-refractivity contribution >= 4 is 28.6 Å². The highest BCUT2D eigenvalue weighted by Gasteiger charge is 2.11. The first-order valence-corrected chi connectivity index (χ1v) is 10.1. The molecule has 0 saturated carbocycles. The zero-order chi connectivity index (χ0) is 21.6. The molecule has 2 heterocycles. The van der Waals surface area contributed by atoms with E-state index < -0.39 is 0 Å². The largest absolute Gasteiger partial charge is 0.370 e. The van der Waals surface area contributed by atoms with Crippen LogP contribution in [-0.4, -0.2) is 33.3 Å². The third-order valence-corrected chi connectivity index (χ3v) is 5.15. The van der Waals surface area contributed by atoms with Gasteiger partial charge in [0.1, 0.15) is 5.65 Å². The van der Waals surface area contributed by atoms with Crippen molar-refractivity contribution in [2.45, 2.75) is 13.0 Å². The number of guanidine groups is 1. The number of hydrogen-bond acceptors (Lipinski definition) is 3. The van der Waals surface area contributed by atoms with Gasteiger partial charge in [0.15, 0.2) is 5.96 Å². The first-order chi connectivity index (χ1) is 15.1. The third kappa shape index (κ3) is 4.90. The molecule has 0 radical (unpaired) electrons. The number of carbonyl (C=O) groups excluding carboxylic acids is 1. The van der Waals surface area contributed by atoms with Crippen LogP contribution in [0.5, 0.6) is 0 Å². The first kappa shape index (κ1) is 20.2. The number of amides is 1. The van der Waals surface area contributed by atoms with Gasteiger partial charge < -0.3 is 20.9 Å². The molecule has 4 rings (SSSR count). The van der Waals surface area contributed by atoms with E-state index in [2.05, 4.69) is 27.4 Å². The summed E-state index contributed by atoms with van der Waals surface area (Å²) in [5.41, 5.74) is 9.97. The van der Waals surface area contributed by atoms with Crippen LogP contribution >= 0.6 is 0 Å². The molecule has 0 bridgehead atoms. The van der Waals surface area contributed by atoms with Crippen LogP contribution in [0.25, 0.3) is 11.0 Å². The number of hydrogen-bond donors (Lipinski definition) is 4. The van der Waals surface area contributed by atoms with E-state index in [1.807, 2.05) is 41.3 Å². The van der Waals surface area contributed by atoms with Gasteiger partial charge in [-0.1, -0.05) is 42.5 Å². The summed E-state index contributed by atoms with van der Waals surface area (Å²) in [6.07, 6.45) is 4.25. The Kier molecular flexibility index (Phi) is 5.93. The molecule has 2 aromatic carbocycles. The average molecular weight is 412 g/mol. The minimum atomic E-state index is -0.187. The summed E-state index contributed by atoms with van der Waals surface area (Å²) in [6.45, 7) is 1.16. The van der Waals surface area contributed by atoms with E-state index in [0.29, 0.717) is 24.3 Å². The zero-order valence-corrected chi connectivity index (χ0v) is 17.0. The van der Waals surface area contributed by atoms with Crippen LogP contribution in [-0.2, 0) is 13.0 Å². The van der Waals surface area contributed by atoms with Crippen LogP contribution in [0.1, 0.15) is 21.5 Å². The lowest BCUT2D eigenvalue weighted by Crippen LogP contribution is -2.37. The number of rotatable bonds is 7. The molecule has 156 valence electrons. The molecule has 0 saturated heterocycles. The van der Waals surface area contributed by atoms with Crippen molar-refractivity contribution in [1.29, 1.82) is 5.41 Å². The van der Waals surface area contributed by atoms with Crippen molar-refractivity contribution < 1.29 is 4.79 Å². The van der Waals surface area contributed by atoms with Crippen LogP contribution in [0.15, 0.2) is 79.1 Å². The Hall–Kier alpha value is -4.13. The molecule has 4 aromatic rings. The SMILES string of the molecule is N=C(N)N(CCc1ccccc1)Cc1ccc(C(=O)Nc2ccnc3[nH]ccc23)cc1. The summed E-state index contributed by atoms with van der Waals surface area (Å²) < 4.78 is 0. The Morgan fingerprint density at radius 2 is 1.81 bits per heavy atom. The normalized spacial score (nSPS) is 10.7. The van der Waals surface area contributed by atoms with E-state index in [1.54, 1.807) is 30.6 Å². The molecule has 1 amide bonds. The molecule has 31 heavy (non-hydrogen) atoms. The molecular weight excluding hydrogens is 388 g/mol. The van der Waals surface area contributed by atoms with Crippen LogP contribution in [0.4, 0.5) is 5.69 Å². The van der Waals surface area contributed by atoms with Crippen LogP contribution in [0, 0.1) is 5.41 Å². The Balaban J connectivity index is 1.40. The predicted octanol–water partition coefficient (Wildman–Crippen LogP) is 3.75. The van der Waals surface area contributed by atoms with E-state index in [4.69, 9.17) is 11.1 Å². The number of fused-ring (bicyclic) bond motifs is 1. The van der Waals surface area contributed by atoms with Crippen LogP contribution < -0.4 is 11.1 Å². The maximum Gasteiger partial charge on any atom is 0.255 e. The molecule has 7 nitrogen and oxygen atoms in total. The maximum atomic E-state index is 12.7. The number of H-pyrrole nitrogens is 1. The highest BCUT2D eigenvalue weighted by molar-refractivity contribution is 6.08. The fraction of sp³-hybridized carbons (Fsp3) is 0.125. The number of anilines is 1. The van der Waals surface area contributed by atoms with Gasteiger partial charge >= 0.3 is 0 Å². The fourth-order valence-corrected chi connectivity index (χ4v) is 3.44. The van der Waals surface area contributed by atoms with Crippen molar-refractivity contribution in [2.75, 3.05) is 11.9 Å². The molecule has 0 fully saturated rings. The van der Waals surface area contributed by atoms with Crippen molar-refractivity contribution in [3.05, 3.63) is 95.8 Å². The molecule has 0 unspecified atom stereocenters. The lowest BCUT2D eigenvalue weighted by atomic mass is 10.1. The number of nitrogens with two attached hydrogens (primary N) is 1. The van der Waals surface area contributed by atoms with E-state index >= 15 is 0 Å². The van der Waals surface area contributed by atoms with E-state index in [0.717, 1.165) is 23.0 Å². The second-order valence-electron chi connectivity index (χ2n) is 7.29. The minimum absolute atomic E-state index is 0.0333. The van der Waals surface area contributed by atoms with E-state index in [1.165, 1.54) is 5.56 Å². The van der Waals surface area contributed by atoms with Crippen molar-refractivity contribution in [3.8, 4) is 0 Å². The highest BCUT2D eigenvalue weighted by atomic mass is 16.1. The molecule has 7 heteroatoms. The molecule has 0 spiro atoms. The van der Waals surface area contributed by atoms with Gasteiger partial charge in [-0.2, -0.15) is 0 Å². The number of aromatic amines is 1. The molecule has 5 N–H and O–H groups in total. The lowest BCUT2D eigenvalue weighted by Gasteiger charge is -2.23. The topological polar surface area (TPSA) is 111 Å². The first-order valence-electron chi connectivity index (χ1n) is 10.1. The van der Waals surface area contributed by atoms with Gasteiger partial charge in [-0.3, -0.25) is 10.2 Å². The summed E-state index contributed by atoms with van der Waals surface area (Å²) in [5.74, 6) is -0.154. The summed E-state index contributed by atoms with van der Waals surface area (Å²) in [6, 6.07) is 21.1. The molecule has 0 atom stereocenters. The highest BCUT2D eigenvalue weighted by Crippen LogP contribution is 2.21. The van der Waals surface area contributed by atoms with Gasteiger partial charge in [0, 0.05) is 36.4 Å².